The van der Waals surface area contributed by atoms with E-state index in [0.29, 0.717) is 11.0 Å². The number of guanidine groups is 1. The van der Waals surface area contributed by atoms with Gasteiger partial charge in [-0.2, -0.15) is 0 Å². The van der Waals surface area contributed by atoms with Gasteiger partial charge in [0.15, 0.2) is 5.96 Å². The van der Waals surface area contributed by atoms with Gasteiger partial charge in [0.25, 0.3) is 0 Å². The summed E-state index contributed by atoms with van der Waals surface area (Å²) < 4.78 is 5.47. The van der Waals surface area contributed by atoms with E-state index in [2.05, 4.69) is 25.8 Å². The van der Waals surface area contributed by atoms with Crippen LogP contribution >= 0.6 is 11.6 Å². The highest BCUT2D eigenvalue weighted by molar-refractivity contribution is 6.30. The zero-order chi connectivity index (χ0) is 20.7. The molecule has 7 nitrogen and oxygen atoms in total. The number of methoxy groups -OCH3 is 1. The highest BCUT2D eigenvalue weighted by Gasteiger charge is 2.25. The van der Waals surface area contributed by atoms with Crippen molar-refractivity contribution in [1.29, 1.82) is 0 Å². The Kier molecular flexibility index (Phi) is 7.80. The van der Waals surface area contributed by atoms with Gasteiger partial charge in [-0.15, -0.1) is 0 Å². The fraction of sp³-hybridized carbons (Fsp3) is 0.600. The van der Waals surface area contributed by atoms with Gasteiger partial charge in [0, 0.05) is 36.2 Å². The van der Waals surface area contributed by atoms with E-state index in [9.17, 15) is 4.79 Å². The van der Waals surface area contributed by atoms with Crippen molar-refractivity contribution in [1.82, 2.24) is 16.0 Å². The molecule has 1 aromatic carbocycles. The summed E-state index contributed by atoms with van der Waals surface area (Å²) in [5.41, 5.74) is 0.728. The second-order valence-corrected chi connectivity index (χ2v) is 8.32. The quantitative estimate of drug-likeness (QED) is 0.496. The van der Waals surface area contributed by atoms with Crippen molar-refractivity contribution in [3.63, 3.8) is 0 Å². The van der Waals surface area contributed by atoms with Crippen LogP contribution in [0.25, 0.3) is 0 Å². The topological polar surface area (TPSA) is 78.0 Å². The first-order valence-electron chi connectivity index (χ1n) is 9.66. The Bertz CT molecular complexity index is 702. The number of ether oxygens (including phenoxy) is 1. The van der Waals surface area contributed by atoms with Gasteiger partial charge in [0.2, 0.25) is 5.91 Å². The number of nitrogens with zero attached hydrogens (tertiary/aromatic N) is 2. The van der Waals surface area contributed by atoms with Gasteiger partial charge in [-0.25, -0.2) is 4.99 Å². The van der Waals surface area contributed by atoms with Crippen LogP contribution in [-0.4, -0.2) is 56.7 Å². The zero-order valence-electron chi connectivity index (χ0n) is 17.4. The fourth-order valence-corrected chi connectivity index (χ4v) is 3.30. The third kappa shape index (κ3) is 6.78. The minimum Gasteiger partial charge on any atom is -0.495 e. The predicted molar refractivity (Wildman–Crippen MR) is 116 cm³/mol. The van der Waals surface area contributed by atoms with Crippen molar-refractivity contribution in [2.45, 2.75) is 45.7 Å². The molecule has 1 aromatic rings. The molecule has 0 spiro atoms. The number of anilines is 1. The normalized spacial score (nSPS) is 17.4. The number of hydrogen-bond acceptors (Lipinski definition) is 4. The molecule has 1 fully saturated rings. The Morgan fingerprint density at radius 3 is 2.79 bits per heavy atom. The maximum absolute atomic E-state index is 12.0. The van der Waals surface area contributed by atoms with Gasteiger partial charge in [0.1, 0.15) is 12.3 Å². The molecule has 0 saturated carbocycles. The van der Waals surface area contributed by atoms with Gasteiger partial charge in [-0.3, -0.25) is 4.79 Å². The van der Waals surface area contributed by atoms with Crippen LogP contribution in [0.4, 0.5) is 5.69 Å². The molecular weight excluding hydrogens is 378 g/mol. The van der Waals surface area contributed by atoms with E-state index in [4.69, 9.17) is 16.3 Å². The van der Waals surface area contributed by atoms with Crippen molar-refractivity contribution in [3.8, 4) is 5.75 Å². The van der Waals surface area contributed by atoms with Crippen LogP contribution in [0.5, 0.6) is 5.75 Å². The number of carbonyl (C=O) groups excluding carboxylic acids is 1. The zero-order valence-corrected chi connectivity index (χ0v) is 18.2. The van der Waals surface area contributed by atoms with E-state index in [0.717, 1.165) is 37.5 Å². The van der Waals surface area contributed by atoms with Crippen LogP contribution in [0.15, 0.2) is 23.2 Å². The van der Waals surface area contributed by atoms with Crippen molar-refractivity contribution in [3.05, 3.63) is 23.2 Å². The van der Waals surface area contributed by atoms with Crippen LogP contribution in [-0.2, 0) is 4.79 Å². The molecule has 8 heteroatoms. The molecule has 0 radical (unpaired) electrons. The van der Waals surface area contributed by atoms with Gasteiger partial charge >= 0.3 is 0 Å². The van der Waals surface area contributed by atoms with Crippen molar-refractivity contribution < 1.29 is 9.53 Å². The fourth-order valence-electron chi connectivity index (χ4n) is 3.13. The monoisotopic (exact) mass is 409 g/mol. The van der Waals surface area contributed by atoms with Gasteiger partial charge < -0.3 is 25.6 Å². The van der Waals surface area contributed by atoms with E-state index in [1.165, 1.54) is 0 Å². The second-order valence-electron chi connectivity index (χ2n) is 7.89. The van der Waals surface area contributed by atoms with E-state index < -0.39 is 0 Å². The molecule has 1 heterocycles. The molecule has 0 aliphatic carbocycles. The first kappa shape index (κ1) is 22.1. The number of rotatable bonds is 6. The van der Waals surface area contributed by atoms with E-state index in [1.807, 2.05) is 45.9 Å². The second kappa shape index (κ2) is 9.87. The van der Waals surface area contributed by atoms with Crippen LogP contribution in [0, 0.1) is 0 Å². The molecule has 1 unspecified atom stereocenters. The van der Waals surface area contributed by atoms with Crippen LogP contribution in [0.2, 0.25) is 5.02 Å². The predicted octanol–water partition coefficient (Wildman–Crippen LogP) is 2.40. The lowest BCUT2D eigenvalue weighted by molar-refractivity contribution is -0.121. The van der Waals surface area contributed by atoms with Crippen molar-refractivity contribution >= 4 is 29.2 Å². The molecular formula is C20H32ClN5O2. The van der Waals surface area contributed by atoms with E-state index >= 15 is 0 Å². The first-order valence-corrected chi connectivity index (χ1v) is 10.0. The third-order valence-corrected chi connectivity index (χ3v) is 4.49. The molecule has 28 heavy (non-hydrogen) atoms. The van der Waals surface area contributed by atoms with Gasteiger partial charge in [-0.05, 0) is 52.3 Å². The number of amides is 1. The minimum absolute atomic E-state index is 0.0884. The van der Waals surface area contributed by atoms with Gasteiger partial charge in [0.05, 0.1) is 12.8 Å². The standard InChI is InChI=1S/C20H32ClN5O2/c1-6-22-19(23-12-18(27)25-20(2,3)4)24-15-9-10-26(13-15)16-11-14(21)7-8-17(16)28-5/h7-8,11,15H,6,9-10,12-13H2,1-5H3,(H,25,27)(H2,22,23,24). The number of hydrogen-bond donors (Lipinski definition) is 3. The summed E-state index contributed by atoms with van der Waals surface area (Å²) >= 11 is 6.17. The summed E-state index contributed by atoms with van der Waals surface area (Å²) in [5, 5.41) is 10.2. The average molecular weight is 410 g/mol. The van der Waals surface area contributed by atoms with Crippen LogP contribution in [0.3, 0.4) is 0 Å². The SMILES string of the molecule is CCNC(=NCC(=O)NC(C)(C)C)NC1CCN(c2cc(Cl)ccc2OC)C1. The lowest BCUT2D eigenvalue weighted by Gasteiger charge is -2.22. The number of carbonyl (C=O) groups is 1. The number of halogens is 1. The highest BCUT2D eigenvalue weighted by atomic mass is 35.5. The Balaban J connectivity index is 1.98. The molecule has 1 atom stereocenters. The summed E-state index contributed by atoms with van der Waals surface area (Å²) in [6, 6.07) is 5.86. The molecule has 1 aliphatic heterocycles. The lowest BCUT2D eigenvalue weighted by Crippen LogP contribution is -2.46. The van der Waals surface area contributed by atoms with Crippen molar-refractivity contribution in [2.75, 3.05) is 38.2 Å². The molecule has 1 saturated heterocycles. The Morgan fingerprint density at radius 2 is 2.14 bits per heavy atom. The Hall–Kier alpha value is -2.15. The minimum atomic E-state index is -0.264. The first-order chi connectivity index (χ1) is 13.2. The van der Waals surface area contributed by atoms with Crippen LogP contribution in [0.1, 0.15) is 34.1 Å². The summed E-state index contributed by atoms with van der Waals surface area (Å²) in [6.45, 7) is 10.4. The molecule has 2 rings (SSSR count). The molecule has 1 aliphatic rings. The summed E-state index contributed by atoms with van der Waals surface area (Å²) in [7, 11) is 1.66. The maximum Gasteiger partial charge on any atom is 0.242 e. The molecule has 0 aromatic heterocycles. The smallest absolute Gasteiger partial charge is 0.242 e. The summed E-state index contributed by atoms with van der Waals surface area (Å²) in [5.74, 6) is 1.36. The molecule has 1 amide bonds. The lowest BCUT2D eigenvalue weighted by atomic mass is 10.1. The molecule has 156 valence electrons. The van der Waals surface area contributed by atoms with E-state index in [-0.39, 0.29) is 24.0 Å². The third-order valence-electron chi connectivity index (χ3n) is 4.25. The highest BCUT2D eigenvalue weighted by Crippen LogP contribution is 2.33. The number of benzene rings is 1. The van der Waals surface area contributed by atoms with Gasteiger partial charge in [-0.1, -0.05) is 11.6 Å². The summed E-state index contributed by atoms with van der Waals surface area (Å²) in [6.07, 6.45) is 0.953. The van der Waals surface area contributed by atoms with Crippen molar-refractivity contribution in [2.24, 2.45) is 4.99 Å². The molecule has 0 bridgehead atoms. The molecule has 3 N–H and O–H groups in total. The average Bonchev–Trinajstić information content (AvgIpc) is 3.07. The Morgan fingerprint density at radius 1 is 1.39 bits per heavy atom. The maximum atomic E-state index is 12.0. The van der Waals surface area contributed by atoms with E-state index in [1.54, 1.807) is 7.11 Å². The summed E-state index contributed by atoms with van der Waals surface area (Å²) in [4.78, 5) is 18.7. The number of aliphatic imine (C=N–C) groups is 1. The Labute approximate surface area is 172 Å². The van der Waals surface area contributed by atoms with Crippen LogP contribution < -0.4 is 25.6 Å². The number of nitrogens with one attached hydrogen (secondary N) is 3. The largest absolute Gasteiger partial charge is 0.495 e.